The minimum atomic E-state index is -1.02. The largest absolute Gasteiger partial charge is 0.398 e. The molecule has 0 spiro atoms. The van der Waals surface area contributed by atoms with Crippen molar-refractivity contribution < 1.29 is 5.11 Å². The van der Waals surface area contributed by atoms with E-state index in [2.05, 4.69) is 0 Å². The van der Waals surface area contributed by atoms with Gasteiger partial charge in [0.15, 0.2) is 0 Å². The second-order valence-corrected chi connectivity index (χ2v) is 5.31. The van der Waals surface area contributed by atoms with Crippen molar-refractivity contribution in [3.63, 3.8) is 0 Å². The number of aliphatic hydroxyl groups excluding tert-OH is 1. The molecule has 1 aromatic carbocycles. The summed E-state index contributed by atoms with van der Waals surface area (Å²) in [4.78, 5) is 12.1. The topological polar surface area (TPSA) is 97.5 Å². The molecule has 0 aliphatic heterocycles. The van der Waals surface area contributed by atoms with Crippen molar-refractivity contribution in [2.24, 2.45) is 18.6 Å². The lowest BCUT2D eigenvalue weighted by Gasteiger charge is -2.18. The lowest BCUT2D eigenvalue weighted by Crippen LogP contribution is -2.28. The van der Waals surface area contributed by atoms with E-state index in [-0.39, 0.29) is 11.3 Å². The van der Waals surface area contributed by atoms with E-state index in [1.807, 2.05) is 6.92 Å². The van der Waals surface area contributed by atoms with E-state index >= 15 is 0 Å². The average Bonchev–Trinajstić information content (AvgIpc) is 2.50. The van der Waals surface area contributed by atoms with Crippen LogP contribution in [0.2, 0.25) is 0 Å². The van der Waals surface area contributed by atoms with Crippen LogP contribution in [0.25, 0.3) is 10.8 Å². The molecular weight excluding hydrogens is 280 g/mol. The van der Waals surface area contributed by atoms with Crippen LogP contribution in [0, 0.1) is 0 Å². The zero-order chi connectivity index (χ0) is 16.3. The number of hydrazine groups is 1. The number of hydrogen-bond acceptors (Lipinski definition) is 5. The van der Waals surface area contributed by atoms with Crippen molar-refractivity contribution in [2.45, 2.75) is 19.4 Å². The summed E-state index contributed by atoms with van der Waals surface area (Å²) in [5.74, 6) is 5.77. The molecule has 1 atom stereocenters. The predicted octanol–water partition coefficient (Wildman–Crippen LogP) is 0.958. The number of nitrogens with two attached hydrogens (primary N) is 2. The van der Waals surface area contributed by atoms with E-state index in [0.717, 1.165) is 6.42 Å². The second kappa shape index (κ2) is 6.64. The van der Waals surface area contributed by atoms with E-state index in [1.165, 1.54) is 15.8 Å². The molecule has 1 aromatic heterocycles. The molecule has 6 nitrogen and oxygen atoms in total. The Morgan fingerprint density at radius 3 is 2.82 bits per heavy atom. The summed E-state index contributed by atoms with van der Waals surface area (Å²) in [6.07, 6.45) is 3.06. The highest BCUT2D eigenvalue weighted by molar-refractivity contribution is 5.85. The minimum absolute atomic E-state index is 0.111. The smallest absolute Gasteiger partial charge is 0.258 e. The molecule has 2 rings (SSSR count). The molecule has 0 saturated heterocycles. The molecule has 118 valence electrons. The van der Waals surface area contributed by atoms with Crippen molar-refractivity contribution in [3.05, 3.63) is 58.3 Å². The standard InChI is InChI=1S/C16H22N4O2/c1-3-8-20(18)10-14(17)15(21)12-5-4-6-13-11(12)7-9-19(2)16(13)22/h4-7,9-10,15,21H,3,8,17-18H2,1-2H3/b14-10-. The number of aryl methyl sites for hydroxylation is 1. The molecule has 0 radical (unpaired) electrons. The predicted molar refractivity (Wildman–Crippen MR) is 87.6 cm³/mol. The third kappa shape index (κ3) is 3.13. The fourth-order valence-corrected chi connectivity index (χ4v) is 2.40. The van der Waals surface area contributed by atoms with Gasteiger partial charge in [-0.25, -0.2) is 5.84 Å². The van der Waals surface area contributed by atoms with Gasteiger partial charge < -0.3 is 20.4 Å². The molecule has 22 heavy (non-hydrogen) atoms. The highest BCUT2D eigenvalue weighted by Gasteiger charge is 2.15. The van der Waals surface area contributed by atoms with Crippen LogP contribution in [0.5, 0.6) is 0 Å². The zero-order valence-corrected chi connectivity index (χ0v) is 12.9. The van der Waals surface area contributed by atoms with Crippen LogP contribution < -0.4 is 17.1 Å². The van der Waals surface area contributed by atoms with Gasteiger partial charge in [-0.15, -0.1) is 0 Å². The lowest BCUT2D eigenvalue weighted by molar-refractivity contribution is 0.211. The summed E-state index contributed by atoms with van der Waals surface area (Å²) in [5.41, 5.74) is 6.67. The van der Waals surface area contributed by atoms with Gasteiger partial charge in [-0.2, -0.15) is 0 Å². The van der Waals surface area contributed by atoms with Crippen molar-refractivity contribution in [1.29, 1.82) is 0 Å². The molecule has 6 heteroatoms. The monoisotopic (exact) mass is 302 g/mol. The fourth-order valence-electron chi connectivity index (χ4n) is 2.40. The number of aliphatic hydroxyl groups is 1. The number of benzene rings is 1. The first-order chi connectivity index (χ1) is 10.5. The number of aromatic nitrogens is 1. The molecule has 0 aliphatic carbocycles. The van der Waals surface area contributed by atoms with E-state index in [0.29, 0.717) is 22.9 Å². The van der Waals surface area contributed by atoms with Gasteiger partial charge >= 0.3 is 0 Å². The van der Waals surface area contributed by atoms with Crippen LogP contribution in [0.3, 0.4) is 0 Å². The molecule has 2 aromatic rings. The first kappa shape index (κ1) is 16.1. The van der Waals surface area contributed by atoms with E-state index in [1.54, 1.807) is 37.5 Å². The number of pyridine rings is 1. The van der Waals surface area contributed by atoms with Crippen LogP contribution in [0.1, 0.15) is 25.0 Å². The maximum atomic E-state index is 12.1. The van der Waals surface area contributed by atoms with Crippen molar-refractivity contribution >= 4 is 10.8 Å². The van der Waals surface area contributed by atoms with Crippen LogP contribution >= 0.6 is 0 Å². The minimum Gasteiger partial charge on any atom is -0.398 e. The fraction of sp³-hybridized carbons (Fsp3) is 0.312. The highest BCUT2D eigenvalue weighted by atomic mass is 16.3. The number of fused-ring (bicyclic) bond motifs is 1. The third-order valence-corrected chi connectivity index (χ3v) is 3.56. The van der Waals surface area contributed by atoms with Gasteiger partial charge in [-0.05, 0) is 29.5 Å². The lowest BCUT2D eigenvalue weighted by atomic mass is 10.00. The van der Waals surface area contributed by atoms with Crippen LogP contribution in [0.15, 0.2) is 47.2 Å². The van der Waals surface area contributed by atoms with Gasteiger partial charge in [0, 0.05) is 31.4 Å². The van der Waals surface area contributed by atoms with E-state index < -0.39 is 6.10 Å². The van der Waals surface area contributed by atoms with E-state index in [9.17, 15) is 9.90 Å². The molecular formula is C16H22N4O2. The Labute approximate surface area is 129 Å². The van der Waals surface area contributed by atoms with Crippen LogP contribution in [0.4, 0.5) is 0 Å². The first-order valence-corrected chi connectivity index (χ1v) is 7.20. The zero-order valence-electron chi connectivity index (χ0n) is 12.9. The summed E-state index contributed by atoms with van der Waals surface area (Å²) < 4.78 is 1.50. The highest BCUT2D eigenvalue weighted by Crippen LogP contribution is 2.25. The summed E-state index contributed by atoms with van der Waals surface area (Å²) in [6.45, 7) is 2.64. The maximum absolute atomic E-state index is 12.1. The number of hydrogen-bond donors (Lipinski definition) is 3. The number of rotatable bonds is 5. The summed E-state index contributed by atoms with van der Waals surface area (Å²) in [7, 11) is 1.69. The summed E-state index contributed by atoms with van der Waals surface area (Å²) >= 11 is 0. The Morgan fingerprint density at radius 2 is 2.14 bits per heavy atom. The average molecular weight is 302 g/mol. The molecule has 0 aliphatic rings. The normalized spacial score (nSPS) is 13.4. The Hall–Kier alpha value is -2.31. The van der Waals surface area contributed by atoms with Gasteiger partial charge in [0.2, 0.25) is 0 Å². The maximum Gasteiger partial charge on any atom is 0.258 e. The van der Waals surface area contributed by atoms with E-state index in [4.69, 9.17) is 11.6 Å². The Bertz CT molecular complexity index is 751. The van der Waals surface area contributed by atoms with Gasteiger partial charge in [0.05, 0.1) is 5.70 Å². The first-order valence-electron chi connectivity index (χ1n) is 7.20. The molecule has 0 bridgehead atoms. The number of nitrogens with zero attached hydrogens (tertiary/aromatic N) is 2. The quantitative estimate of drug-likeness (QED) is 0.564. The molecule has 5 N–H and O–H groups in total. The molecule has 0 amide bonds. The Kier molecular flexibility index (Phi) is 4.85. The second-order valence-electron chi connectivity index (χ2n) is 5.31. The van der Waals surface area contributed by atoms with Crippen molar-refractivity contribution in [2.75, 3.05) is 6.54 Å². The van der Waals surface area contributed by atoms with Crippen molar-refractivity contribution in [3.8, 4) is 0 Å². The Morgan fingerprint density at radius 1 is 1.41 bits per heavy atom. The molecule has 1 heterocycles. The summed E-state index contributed by atoms with van der Waals surface area (Å²) in [6, 6.07) is 7.03. The van der Waals surface area contributed by atoms with Gasteiger partial charge in [0.25, 0.3) is 5.56 Å². The SMILES string of the molecule is CCCN(N)/C=C(\N)C(O)c1cccc2c(=O)n(C)ccc12. The van der Waals surface area contributed by atoms with Gasteiger partial charge in [-0.3, -0.25) is 4.79 Å². The van der Waals surface area contributed by atoms with Crippen molar-refractivity contribution in [1.82, 2.24) is 9.58 Å². The van der Waals surface area contributed by atoms with Gasteiger partial charge in [-0.1, -0.05) is 19.1 Å². The Balaban J connectivity index is 2.46. The molecule has 0 fully saturated rings. The molecule has 0 saturated carbocycles. The third-order valence-electron chi connectivity index (χ3n) is 3.56. The van der Waals surface area contributed by atoms with Crippen LogP contribution in [-0.2, 0) is 7.05 Å². The van der Waals surface area contributed by atoms with Crippen LogP contribution in [-0.4, -0.2) is 21.2 Å². The van der Waals surface area contributed by atoms with Gasteiger partial charge in [0.1, 0.15) is 6.10 Å². The summed E-state index contributed by atoms with van der Waals surface area (Å²) in [5, 5.41) is 13.2. The molecule has 1 unspecified atom stereocenters.